The standard InChI is InChI=1S/C12H16N2O/c1-9(2)7-8-13-12-14-10-5-3-4-6-11(10)15-12/h3-6,9H,7-8H2,1-2H3,(H,13,14). The Morgan fingerprint density at radius 2 is 2.13 bits per heavy atom. The van der Waals surface area contributed by atoms with E-state index >= 15 is 0 Å². The lowest BCUT2D eigenvalue weighted by Crippen LogP contribution is -2.04. The molecule has 2 rings (SSSR count). The Hall–Kier alpha value is -1.51. The summed E-state index contributed by atoms with van der Waals surface area (Å²) in [4.78, 5) is 4.33. The summed E-state index contributed by atoms with van der Waals surface area (Å²) < 4.78 is 5.53. The van der Waals surface area contributed by atoms with Crippen LogP contribution < -0.4 is 5.32 Å². The van der Waals surface area contributed by atoms with Crippen molar-refractivity contribution in [2.75, 3.05) is 11.9 Å². The maximum absolute atomic E-state index is 5.53. The molecule has 3 nitrogen and oxygen atoms in total. The number of oxazole rings is 1. The van der Waals surface area contributed by atoms with Crippen LogP contribution in [0.1, 0.15) is 20.3 Å². The van der Waals surface area contributed by atoms with E-state index in [1.165, 1.54) is 0 Å². The van der Waals surface area contributed by atoms with E-state index in [4.69, 9.17) is 4.42 Å². The van der Waals surface area contributed by atoms with E-state index in [0.29, 0.717) is 11.9 Å². The molecule has 0 bridgehead atoms. The van der Waals surface area contributed by atoms with E-state index in [1.807, 2.05) is 24.3 Å². The lowest BCUT2D eigenvalue weighted by atomic mass is 10.1. The van der Waals surface area contributed by atoms with Crippen LogP contribution in [0.4, 0.5) is 6.01 Å². The van der Waals surface area contributed by atoms with Gasteiger partial charge in [0.15, 0.2) is 5.58 Å². The molecule has 0 aliphatic carbocycles. The Labute approximate surface area is 89.5 Å². The Kier molecular flexibility index (Phi) is 2.90. The van der Waals surface area contributed by atoms with Crippen LogP contribution in [-0.4, -0.2) is 11.5 Å². The molecule has 1 heterocycles. The number of nitrogens with one attached hydrogen (secondary N) is 1. The minimum atomic E-state index is 0.622. The van der Waals surface area contributed by atoms with Crippen LogP contribution in [0.3, 0.4) is 0 Å². The monoisotopic (exact) mass is 204 g/mol. The van der Waals surface area contributed by atoms with Crippen LogP contribution in [0, 0.1) is 5.92 Å². The van der Waals surface area contributed by atoms with Crippen LogP contribution in [0.15, 0.2) is 28.7 Å². The fourth-order valence-corrected chi connectivity index (χ4v) is 1.42. The van der Waals surface area contributed by atoms with Gasteiger partial charge in [0.2, 0.25) is 0 Å². The average Bonchev–Trinajstić information content (AvgIpc) is 2.59. The van der Waals surface area contributed by atoms with Crippen molar-refractivity contribution in [3.8, 4) is 0 Å². The topological polar surface area (TPSA) is 38.1 Å². The summed E-state index contributed by atoms with van der Waals surface area (Å²) >= 11 is 0. The maximum atomic E-state index is 5.53. The number of aromatic nitrogens is 1. The quantitative estimate of drug-likeness (QED) is 0.830. The summed E-state index contributed by atoms with van der Waals surface area (Å²) in [6.45, 7) is 5.31. The van der Waals surface area contributed by atoms with E-state index in [-0.39, 0.29) is 0 Å². The molecule has 1 aromatic heterocycles. The number of para-hydroxylation sites is 2. The predicted molar refractivity (Wildman–Crippen MR) is 62.0 cm³/mol. The molecule has 1 aromatic carbocycles. The molecule has 0 aliphatic rings. The summed E-state index contributed by atoms with van der Waals surface area (Å²) in [5, 5.41) is 3.19. The fourth-order valence-electron chi connectivity index (χ4n) is 1.42. The minimum Gasteiger partial charge on any atom is -0.424 e. The van der Waals surface area contributed by atoms with Crippen molar-refractivity contribution < 1.29 is 4.42 Å². The first-order chi connectivity index (χ1) is 7.25. The molecule has 2 aromatic rings. The zero-order valence-corrected chi connectivity index (χ0v) is 9.16. The molecule has 0 atom stereocenters. The van der Waals surface area contributed by atoms with Gasteiger partial charge in [-0.25, -0.2) is 0 Å². The lowest BCUT2D eigenvalue weighted by molar-refractivity contribution is 0.580. The molecule has 0 saturated heterocycles. The molecule has 1 N–H and O–H groups in total. The first-order valence-corrected chi connectivity index (χ1v) is 5.35. The van der Waals surface area contributed by atoms with Crippen LogP contribution in [-0.2, 0) is 0 Å². The smallest absolute Gasteiger partial charge is 0.295 e. The van der Waals surface area contributed by atoms with Gasteiger partial charge >= 0.3 is 0 Å². The first-order valence-electron chi connectivity index (χ1n) is 5.35. The number of benzene rings is 1. The largest absolute Gasteiger partial charge is 0.424 e. The average molecular weight is 204 g/mol. The lowest BCUT2D eigenvalue weighted by Gasteiger charge is -2.03. The second kappa shape index (κ2) is 4.34. The van der Waals surface area contributed by atoms with Crippen molar-refractivity contribution >= 4 is 17.1 Å². The van der Waals surface area contributed by atoms with Crippen LogP contribution in [0.25, 0.3) is 11.1 Å². The summed E-state index contributed by atoms with van der Waals surface area (Å²) in [5.41, 5.74) is 1.74. The van der Waals surface area contributed by atoms with Gasteiger partial charge in [0.05, 0.1) is 0 Å². The third kappa shape index (κ3) is 2.49. The van der Waals surface area contributed by atoms with E-state index < -0.39 is 0 Å². The number of rotatable bonds is 4. The molecule has 0 fully saturated rings. The van der Waals surface area contributed by atoms with Gasteiger partial charge in [-0.1, -0.05) is 26.0 Å². The van der Waals surface area contributed by atoms with Gasteiger partial charge in [-0.3, -0.25) is 0 Å². The summed E-state index contributed by atoms with van der Waals surface area (Å²) in [6, 6.07) is 8.41. The van der Waals surface area contributed by atoms with Crippen molar-refractivity contribution in [3.63, 3.8) is 0 Å². The van der Waals surface area contributed by atoms with Gasteiger partial charge in [0.1, 0.15) is 5.52 Å². The number of anilines is 1. The predicted octanol–water partition coefficient (Wildman–Crippen LogP) is 3.29. The molecule has 0 aliphatic heterocycles. The molecule has 0 unspecified atom stereocenters. The van der Waals surface area contributed by atoms with E-state index in [2.05, 4.69) is 24.1 Å². The SMILES string of the molecule is CC(C)CCNc1nc2ccccc2o1. The highest BCUT2D eigenvalue weighted by molar-refractivity contribution is 5.74. The molecule has 0 radical (unpaired) electrons. The zero-order valence-electron chi connectivity index (χ0n) is 9.16. The van der Waals surface area contributed by atoms with Gasteiger partial charge < -0.3 is 9.73 Å². The van der Waals surface area contributed by atoms with E-state index in [1.54, 1.807) is 0 Å². The van der Waals surface area contributed by atoms with Crippen molar-refractivity contribution in [2.24, 2.45) is 5.92 Å². The normalized spacial score (nSPS) is 11.1. The Morgan fingerprint density at radius 3 is 2.87 bits per heavy atom. The third-order valence-corrected chi connectivity index (χ3v) is 2.29. The second-order valence-corrected chi connectivity index (χ2v) is 4.10. The van der Waals surface area contributed by atoms with Gasteiger partial charge in [-0.15, -0.1) is 0 Å². The van der Waals surface area contributed by atoms with E-state index in [9.17, 15) is 0 Å². The number of nitrogens with zero attached hydrogens (tertiary/aromatic N) is 1. The highest BCUT2D eigenvalue weighted by Crippen LogP contribution is 2.17. The Balaban J connectivity index is 2.03. The molecular formula is C12H16N2O. The Morgan fingerprint density at radius 1 is 1.33 bits per heavy atom. The van der Waals surface area contributed by atoms with Crippen LogP contribution in [0.5, 0.6) is 0 Å². The first kappa shape index (κ1) is 10.0. The van der Waals surface area contributed by atoms with Gasteiger partial charge in [-0.2, -0.15) is 4.98 Å². The van der Waals surface area contributed by atoms with Crippen molar-refractivity contribution in [1.29, 1.82) is 0 Å². The molecule has 80 valence electrons. The minimum absolute atomic E-state index is 0.622. The number of hydrogen-bond donors (Lipinski definition) is 1. The van der Waals surface area contributed by atoms with E-state index in [0.717, 1.165) is 24.1 Å². The molecular weight excluding hydrogens is 188 g/mol. The molecule has 0 spiro atoms. The van der Waals surface area contributed by atoms with Crippen molar-refractivity contribution in [3.05, 3.63) is 24.3 Å². The Bertz CT molecular complexity index is 401. The van der Waals surface area contributed by atoms with Crippen LogP contribution in [0.2, 0.25) is 0 Å². The van der Waals surface area contributed by atoms with Crippen molar-refractivity contribution in [1.82, 2.24) is 4.98 Å². The zero-order chi connectivity index (χ0) is 10.7. The van der Waals surface area contributed by atoms with Crippen LogP contribution >= 0.6 is 0 Å². The van der Waals surface area contributed by atoms with Crippen molar-refractivity contribution in [2.45, 2.75) is 20.3 Å². The number of hydrogen-bond acceptors (Lipinski definition) is 3. The highest BCUT2D eigenvalue weighted by atomic mass is 16.4. The van der Waals surface area contributed by atoms with Gasteiger partial charge in [-0.05, 0) is 24.5 Å². The van der Waals surface area contributed by atoms with Gasteiger partial charge in [0.25, 0.3) is 6.01 Å². The maximum Gasteiger partial charge on any atom is 0.295 e. The summed E-state index contributed by atoms with van der Waals surface area (Å²) in [7, 11) is 0. The number of fused-ring (bicyclic) bond motifs is 1. The molecule has 15 heavy (non-hydrogen) atoms. The fraction of sp³-hybridized carbons (Fsp3) is 0.417. The summed E-state index contributed by atoms with van der Waals surface area (Å²) in [5.74, 6) is 0.696. The molecule has 3 heteroatoms. The van der Waals surface area contributed by atoms with Gasteiger partial charge in [0, 0.05) is 6.54 Å². The molecule has 0 amide bonds. The third-order valence-electron chi connectivity index (χ3n) is 2.29. The summed E-state index contributed by atoms with van der Waals surface area (Å²) in [6.07, 6.45) is 1.12. The highest BCUT2D eigenvalue weighted by Gasteiger charge is 2.03. The second-order valence-electron chi connectivity index (χ2n) is 4.10. The molecule has 0 saturated carbocycles.